The van der Waals surface area contributed by atoms with E-state index in [0.29, 0.717) is 83.9 Å². The van der Waals surface area contributed by atoms with Gasteiger partial charge in [-0.1, -0.05) is 41.5 Å². The van der Waals surface area contributed by atoms with Crippen LogP contribution in [0.5, 0.6) is 0 Å². The van der Waals surface area contributed by atoms with Gasteiger partial charge in [-0.15, -0.1) is 0 Å². The number of carboxylic acids is 2. The third kappa shape index (κ3) is 8.45. The molecule has 320 valence electrons. The summed E-state index contributed by atoms with van der Waals surface area (Å²) < 4.78 is 0. The molecule has 0 aromatic rings. The van der Waals surface area contributed by atoms with Crippen molar-refractivity contribution in [3.8, 4) is 0 Å². The van der Waals surface area contributed by atoms with Crippen LogP contribution in [-0.4, -0.2) is 106 Å². The van der Waals surface area contributed by atoms with Crippen molar-refractivity contribution >= 4 is 60.8 Å². The molecule has 0 amide bonds. The Bertz CT molecular complexity index is 1320. The van der Waals surface area contributed by atoms with Crippen LogP contribution in [0.4, 0.5) is 0 Å². The molecule has 8 saturated carbocycles. The van der Waals surface area contributed by atoms with Gasteiger partial charge in [-0.25, -0.2) is 0 Å². The predicted octanol–water partition coefficient (Wildman–Crippen LogP) is 5.91. The fourth-order valence-corrected chi connectivity index (χ4v) is 17.4. The maximum absolute atomic E-state index is 11.2. The smallest absolute Gasteiger partial charge is 0.550 e. The second kappa shape index (κ2) is 17.8. The molecule has 2 unspecified atom stereocenters. The number of carboxylic acid groups (broad SMARTS) is 2. The minimum absolute atomic E-state index is 0. The normalized spacial score (nSPS) is 50.8. The van der Waals surface area contributed by atoms with Crippen LogP contribution in [0, 0.1) is 92.7 Å². The minimum Gasteiger partial charge on any atom is -0.550 e. The average molecular weight is 920 g/mol. The molecule has 9 heteroatoms. The number of rotatable bonds is 8. The van der Waals surface area contributed by atoms with Crippen molar-refractivity contribution in [1.82, 2.24) is 0 Å². The standard InChI is InChI=1S/2C24H40O4.Ba/c2*1-14(4-7-21(27)28)17-5-6-18-22-19(9-11-24(17,18)3)23(2)10-8-16(25)12-15(23)13-20(22)26;/h2*14-20,22,25-26H,4-13H2,1-3H3,(H,27,28);/q;;+2/p-2/t2*14-,15+,16-,17-,18+,19?,20-,22+,23+,24-;/m11./s1. The van der Waals surface area contributed by atoms with Crippen molar-refractivity contribution in [1.29, 1.82) is 0 Å². The third-order valence-corrected chi connectivity index (χ3v) is 20.4. The van der Waals surface area contributed by atoms with Crippen LogP contribution in [0.1, 0.15) is 170 Å². The molecule has 0 aliphatic heterocycles. The van der Waals surface area contributed by atoms with Gasteiger partial charge in [-0.05, 0) is 221 Å². The second-order valence-corrected chi connectivity index (χ2v) is 22.7. The van der Waals surface area contributed by atoms with Gasteiger partial charge in [0.2, 0.25) is 0 Å². The van der Waals surface area contributed by atoms with Gasteiger partial charge >= 0.3 is 48.9 Å². The predicted molar refractivity (Wildman–Crippen MR) is 218 cm³/mol. The maximum atomic E-state index is 11.2. The largest absolute Gasteiger partial charge is 2.00 e. The van der Waals surface area contributed by atoms with Crippen LogP contribution in [-0.2, 0) is 9.59 Å². The van der Waals surface area contributed by atoms with Crippen molar-refractivity contribution in [2.75, 3.05) is 0 Å². The molecular formula is C48H78BaO8. The Morgan fingerprint density at radius 2 is 0.860 bits per heavy atom. The van der Waals surface area contributed by atoms with Crippen molar-refractivity contribution in [3.63, 3.8) is 0 Å². The molecule has 4 N–H and O–H groups in total. The fraction of sp³-hybridized carbons (Fsp3) is 0.958. The van der Waals surface area contributed by atoms with Crippen molar-refractivity contribution in [2.24, 2.45) is 92.7 Å². The van der Waals surface area contributed by atoms with E-state index in [4.69, 9.17) is 0 Å². The first-order valence-electron chi connectivity index (χ1n) is 23.4. The quantitative estimate of drug-likeness (QED) is 0.219. The number of carbonyl (C=O) groups excluding carboxylic acids is 2. The van der Waals surface area contributed by atoms with E-state index in [1.165, 1.54) is 51.4 Å². The molecule has 8 fully saturated rings. The van der Waals surface area contributed by atoms with Crippen LogP contribution in [0.2, 0.25) is 0 Å². The number of aliphatic carboxylic acids is 2. The molecule has 0 saturated heterocycles. The molecule has 0 aromatic heterocycles. The van der Waals surface area contributed by atoms with Gasteiger partial charge in [-0.2, -0.15) is 0 Å². The summed E-state index contributed by atoms with van der Waals surface area (Å²) in [5.41, 5.74) is 0.988. The Morgan fingerprint density at radius 3 is 1.21 bits per heavy atom. The summed E-state index contributed by atoms with van der Waals surface area (Å²) >= 11 is 0. The maximum Gasteiger partial charge on any atom is 2.00 e. The molecular weight excluding hydrogens is 842 g/mol. The molecule has 0 heterocycles. The molecule has 57 heavy (non-hydrogen) atoms. The Balaban J connectivity index is 0.000000189. The zero-order valence-corrected chi connectivity index (χ0v) is 40.9. The molecule has 8 aliphatic rings. The van der Waals surface area contributed by atoms with Gasteiger partial charge in [0.05, 0.1) is 24.4 Å². The summed E-state index contributed by atoms with van der Waals surface area (Å²) in [6.07, 6.45) is 17.8. The first-order valence-corrected chi connectivity index (χ1v) is 23.4. The summed E-state index contributed by atoms with van der Waals surface area (Å²) in [4.78, 5) is 21.9. The number of carbonyl (C=O) groups is 2. The van der Waals surface area contributed by atoms with E-state index in [2.05, 4.69) is 41.5 Å². The van der Waals surface area contributed by atoms with Gasteiger partial charge in [0.1, 0.15) is 0 Å². The van der Waals surface area contributed by atoms with Crippen LogP contribution in [0.3, 0.4) is 0 Å². The van der Waals surface area contributed by atoms with E-state index in [0.717, 1.165) is 51.4 Å². The van der Waals surface area contributed by atoms with Gasteiger partial charge in [0.15, 0.2) is 0 Å². The molecule has 0 aromatic carbocycles. The van der Waals surface area contributed by atoms with Gasteiger partial charge in [0, 0.05) is 11.9 Å². The molecule has 0 bridgehead atoms. The Kier molecular flexibility index (Phi) is 14.7. The van der Waals surface area contributed by atoms with Gasteiger partial charge < -0.3 is 40.2 Å². The minimum atomic E-state index is -0.934. The Morgan fingerprint density at radius 1 is 0.526 bits per heavy atom. The molecule has 0 spiro atoms. The van der Waals surface area contributed by atoms with E-state index >= 15 is 0 Å². The molecule has 8 rings (SSSR count). The van der Waals surface area contributed by atoms with E-state index in [-0.39, 0.29) is 108 Å². The fourth-order valence-electron chi connectivity index (χ4n) is 17.4. The van der Waals surface area contributed by atoms with Crippen LogP contribution >= 0.6 is 0 Å². The molecule has 20 atom stereocenters. The third-order valence-electron chi connectivity index (χ3n) is 20.4. The number of aliphatic hydroxyl groups excluding tert-OH is 4. The van der Waals surface area contributed by atoms with Crippen molar-refractivity contribution in [2.45, 2.75) is 194 Å². The average Bonchev–Trinajstić information content (AvgIpc) is 3.68. The SMILES string of the molecule is C[C@H](CCC(=O)[O-])[C@H]1CC[C@H]2[C@H]3C(CC[C@]12C)[C@@]1(C)CC[C@@H](O)C[C@H]1C[C@H]3O.C[C@H](CCC(=O)[O-])[C@H]1CC[C@H]2[C@H]3C(CC[C@]12C)[C@@]1(C)CC[C@@H](O)C[C@H]1C[C@H]3O.[Ba+2]. The second-order valence-electron chi connectivity index (χ2n) is 22.7. The van der Waals surface area contributed by atoms with Crippen molar-refractivity contribution in [3.05, 3.63) is 0 Å². The van der Waals surface area contributed by atoms with E-state index in [9.17, 15) is 40.2 Å². The topological polar surface area (TPSA) is 161 Å². The van der Waals surface area contributed by atoms with Gasteiger partial charge in [0.25, 0.3) is 0 Å². The molecule has 8 nitrogen and oxygen atoms in total. The van der Waals surface area contributed by atoms with E-state index < -0.39 is 11.9 Å². The summed E-state index contributed by atoms with van der Waals surface area (Å²) in [6.45, 7) is 14.2. The van der Waals surface area contributed by atoms with E-state index in [1.54, 1.807) is 0 Å². The Hall–Kier alpha value is 0.351. The Labute approximate surface area is 385 Å². The van der Waals surface area contributed by atoms with Crippen LogP contribution in [0.25, 0.3) is 0 Å². The van der Waals surface area contributed by atoms with Crippen LogP contribution < -0.4 is 10.2 Å². The zero-order valence-electron chi connectivity index (χ0n) is 36.5. The van der Waals surface area contributed by atoms with Crippen molar-refractivity contribution < 1.29 is 40.2 Å². The first kappa shape index (κ1) is 46.8. The number of aliphatic hydroxyl groups is 4. The van der Waals surface area contributed by atoms with Gasteiger partial charge in [-0.3, -0.25) is 0 Å². The first-order chi connectivity index (χ1) is 26.3. The number of hydrogen-bond acceptors (Lipinski definition) is 8. The zero-order chi connectivity index (χ0) is 40.5. The van der Waals surface area contributed by atoms with E-state index in [1.807, 2.05) is 0 Å². The number of fused-ring (bicyclic) bond motifs is 10. The monoisotopic (exact) mass is 920 g/mol. The molecule has 0 radical (unpaired) electrons. The summed E-state index contributed by atoms with van der Waals surface area (Å²) in [6, 6.07) is 0. The summed E-state index contributed by atoms with van der Waals surface area (Å²) in [7, 11) is 0. The summed E-state index contributed by atoms with van der Waals surface area (Å²) in [5, 5.41) is 64.7. The van der Waals surface area contributed by atoms with Crippen LogP contribution in [0.15, 0.2) is 0 Å². The summed E-state index contributed by atoms with van der Waals surface area (Å²) in [5.74, 6) is 3.99. The number of hydrogen-bond donors (Lipinski definition) is 4. The molecule has 8 aliphatic carbocycles.